The minimum absolute atomic E-state index is 0.0264. The second-order valence-corrected chi connectivity index (χ2v) is 10.7. The molecular formula is C31H52N6O10. The highest BCUT2D eigenvalue weighted by Crippen LogP contribution is 2.13. The fraction of sp³-hybridized carbons (Fsp3) is 0.645. The first-order valence-corrected chi connectivity index (χ1v) is 15.7. The van der Waals surface area contributed by atoms with Crippen LogP contribution in [0.25, 0.3) is 0 Å². The van der Waals surface area contributed by atoms with Crippen molar-refractivity contribution in [3.8, 4) is 0 Å². The lowest BCUT2D eigenvalue weighted by atomic mass is 10.0. The molecule has 16 heteroatoms. The maximum atomic E-state index is 13.3. The molecule has 5 amide bonds. The Labute approximate surface area is 276 Å². The lowest BCUT2D eigenvalue weighted by Gasteiger charge is -2.25. The highest BCUT2D eigenvalue weighted by molar-refractivity contribution is 5.98. The Morgan fingerprint density at radius 3 is 1.89 bits per heavy atom. The number of ether oxygens (including phenoxy) is 5. The molecule has 0 aromatic heterocycles. The first-order valence-electron chi connectivity index (χ1n) is 15.7. The summed E-state index contributed by atoms with van der Waals surface area (Å²) >= 11 is 0. The Morgan fingerprint density at radius 2 is 1.36 bits per heavy atom. The molecule has 0 saturated heterocycles. The molecule has 2 unspecified atom stereocenters. The number of benzene rings is 1. The van der Waals surface area contributed by atoms with Crippen molar-refractivity contribution in [3.05, 3.63) is 29.8 Å². The molecule has 0 heterocycles. The summed E-state index contributed by atoms with van der Waals surface area (Å²) < 4.78 is 26.4. The van der Waals surface area contributed by atoms with Gasteiger partial charge >= 0.3 is 12.0 Å². The maximum Gasteiger partial charge on any atom is 0.312 e. The van der Waals surface area contributed by atoms with Gasteiger partial charge in [-0.3, -0.25) is 19.2 Å². The van der Waals surface area contributed by atoms with Gasteiger partial charge in [-0.15, -0.1) is 0 Å². The maximum absolute atomic E-state index is 13.3. The summed E-state index contributed by atoms with van der Waals surface area (Å²) in [5.41, 5.74) is 11.7. The number of nitrogens with one attached hydrogen (secondary N) is 4. The average molecular weight is 669 g/mol. The Balaban J connectivity index is 2.57. The molecule has 1 aromatic rings. The highest BCUT2D eigenvalue weighted by atomic mass is 16.6. The van der Waals surface area contributed by atoms with Gasteiger partial charge in [-0.2, -0.15) is 0 Å². The predicted octanol–water partition coefficient (Wildman–Crippen LogP) is 0.178. The third-order valence-corrected chi connectivity index (χ3v) is 6.38. The summed E-state index contributed by atoms with van der Waals surface area (Å²) in [5, 5.41) is 10.7. The summed E-state index contributed by atoms with van der Waals surface area (Å²) in [6.07, 6.45) is 0.560. The van der Waals surface area contributed by atoms with Crippen molar-refractivity contribution in [1.82, 2.24) is 16.0 Å². The van der Waals surface area contributed by atoms with E-state index in [9.17, 15) is 24.0 Å². The minimum atomic E-state index is -0.978. The van der Waals surface area contributed by atoms with Gasteiger partial charge in [0.25, 0.3) is 0 Å². The summed E-state index contributed by atoms with van der Waals surface area (Å²) in [4.78, 5) is 61.2. The monoisotopic (exact) mass is 668 g/mol. The number of carbonyl (C=O) groups excluding carboxylic acids is 5. The average Bonchev–Trinajstić information content (AvgIpc) is 3.02. The van der Waals surface area contributed by atoms with Gasteiger partial charge in [0.05, 0.1) is 52.9 Å². The van der Waals surface area contributed by atoms with Crippen molar-refractivity contribution in [2.75, 3.05) is 71.3 Å². The van der Waals surface area contributed by atoms with Crippen LogP contribution in [0.1, 0.15) is 45.6 Å². The third-order valence-electron chi connectivity index (χ3n) is 6.38. The lowest BCUT2D eigenvalue weighted by Crippen LogP contribution is -2.54. The van der Waals surface area contributed by atoms with Gasteiger partial charge in [0.1, 0.15) is 18.7 Å². The van der Waals surface area contributed by atoms with Crippen LogP contribution in [0, 0.1) is 5.92 Å². The van der Waals surface area contributed by atoms with E-state index in [0.717, 1.165) is 5.56 Å². The number of amides is 5. The molecular weight excluding hydrogens is 616 g/mol. The zero-order valence-corrected chi connectivity index (χ0v) is 27.7. The molecule has 16 nitrogen and oxygen atoms in total. The normalized spacial score (nSPS) is 12.2. The summed E-state index contributed by atoms with van der Waals surface area (Å²) in [7, 11) is 0. The van der Waals surface area contributed by atoms with E-state index in [0.29, 0.717) is 58.3 Å². The van der Waals surface area contributed by atoms with Crippen molar-refractivity contribution < 1.29 is 47.7 Å². The number of esters is 1. The zero-order chi connectivity index (χ0) is 34.9. The topological polar surface area (TPSA) is 232 Å². The molecule has 0 aliphatic heterocycles. The SMILES string of the molecule is CC(=O)OCc1ccc(NC(=O)C(CCCNC(N)=O)NC(=O)C(NC(=O)CCOCCOCCOCCOCCN)C(C)C)cc1. The standard InChI is InChI=1S/C31H52N6O10/c1-22(2)28(37-27(39)10-13-43-15-17-45-19-20-46-18-16-44-14-11-32)30(41)36-26(5-4-12-34-31(33)42)29(40)35-25-8-6-24(7-9-25)21-47-23(3)38/h6-9,22,26,28H,4-5,10-21,32H2,1-3H3,(H,35,40)(H,36,41)(H,37,39)(H3,33,34,42). The third kappa shape index (κ3) is 20.8. The van der Waals surface area contributed by atoms with Crippen LogP contribution < -0.4 is 32.7 Å². The van der Waals surface area contributed by atoms with Gasteiger partial charge in [0.2, 0.25) is 17.7 Å². The van der Waals surface area contributed by atoms with Crippen LogP contribution in [0.4, 0.5) is 10.5 Å². The molecule has 0 radical (unpaired) electrons. The quantitative estimate of drug-likeness (QED) is 0.0576. The Kier molecular flexibility index (Phi) is 22.2. The summed E-state index contributed by atoms with van der Waals surface area (Å²) in [5.74, 6) is -2.09. The molecule has 2 atom stereocenters. The highest BCUT2D eigenvalue weighted by Gasteiger charge is 2.28. The second-order valence-electron chi connectivity index (χ2n) is 10.7. The molecule has 0 saturated carbocycles. The molecule has 0 aliphatic carbocycles. The van der Waals surface area contributed by atoms with Crippen LogP contribution in [-0.2, 0) is 49.5 Å². The van der Waals surface area contributed by atoms with Gasteiger partial charge in [0, 0.05) is 32.1 Å². The minimum Gasteiger partial charge on any atom is -0.461 e. The Hall–Kier alpha value is -3.83. The molecule has 47 heavy (non-hydrogen) atoms. The molecule has 8 N–H and O–H groups in total. The van der Waals surface area contributed by atoms with Gasteiger partial charge < -0.3 is 56.4 Å². The number of carbonyl (C=O) groups is 5. The van der Waals surface area contributed by atoms with Crippen LogP contribution in [-0.4, -0.2) is 108 Å². The van der Waals surface area contributed by atoms with Crippen molar-refractivity contribution in [2.45, 2.75) is 58.7 Å². The van der Waals surface area contributed by atoms with E-state index in [4.69, 9.17) is 35.2 Å². The molecule has 0 spiro atoms. The molecule has 0 bridgehead atoms. The number of rotatable bonds is 26. The van der Waals surface area contributed by atoms with Crippen LogP contribution in [0.3, 0.4) is 0 Å². The number of hydrogen-bond donors (Lipinski definition) is 6. The van der Waals surface area contributed by atoms with Crippen molar-refractivity contribution in [1.29, 1.82) is 0 Å². The van der Waals surface area contributed by atoms with E-state index in [1.54, 1.807) is 38.1 Å². The van der Waals surface area contributed by atoms with E-state index in [-0.39, 0.29) is 51.0 Å². The van der Waals surface area contributed by atoms with Crippen molar-refractivity contribution in [2.24, 2.45) is 17.4 Å². The molecule has 1 aromatic carbocycles. The number of hydrogen-bond acceptors (Lipinski definition) is 11. The van der Waals surface area contributed by atoms with Crippen LogP contribution in [0.2, 0.25) is 0 Å². The van der Waals surface area contributed by atoms with Gasteiger partial charge in [0.15, 0.2) is 0 Å². The van der Waals surface area contributed by atoms with Crippen LogP contribution >= 0.6 is 0 Å². The first kappa shape index (κ1) is 41.2. The lowest BCUT2D eigenvalue weighted by molar-refractivity contribution is -0.142. The number of urea groups is 1. The van der Waals surface area contributed by atoms with Crippen LogP contribution in [0.15, 0.2) is 24.3 Å². The summed E-state index contributed by atoms with van der Waals surface area (Å²) in [6.45, 7) is 8.65. The number of anilines is 1. The molecule has 266 valence electrons. The number of primary amides is 1. The molecule has 0 aliphatic rings. The predicted molar refractivity (Wildman–Crippen MR) is 173 cm³/mol. The molecule has 0 fully saturated rings. The van der Waals surface area contributed by atoms with E-state index in [2.05, 4.69) is 21.3 Å². The van der Waals surface area contributed by atoms with Gasteiger partial charge in [-0.1, -0.05) is 26.0 Å². The van der Waals surface area contributed by atoms with Crippen LogP contribution in [0.5, 0.6) is 0 Å². The van der Waals surface area contributed by atoms with E-state index >= 15 is 0 Å². The van der Waals surface area contributed by atoms with E-state index in [1.807, 2.05) is 0 Å². The Morgan fingerprint density at radius 1 is 0.787 bits per heavy atom. The smallest absolute Gasteiger partial charge is 0.312 e. The summed E-state index contributed by atoms with van der Waals surface area (Å²) in [6, 6.07) is 4.10. The van der Waals surface area contributed by atoms with E-state index in [1.165, 1.54) is 6.92 Å². The van der Waals surface area contributed by atoms with Crippen molar-refractivity contribution in [3.63, 3.8) is 0 Å². The van der Waals surface area contributed by atoms with Crippen molar-refractivity contribution >= 4 is 35.4 Å². The zero-order valence-electron chi connectivity index (χ0n) is 27.7. The number of nitrogens with two attached hydrogens (primary N) is 2. The fourth-order valence-corrected chi connectivity index (χ4v) is 3.94. The van der Waals surface area contributed by atoms with E-state index < -0.39 is 35.9 Å². The largest absolute Gasteiger partial charge is 0.461 e. The van der Waals surface area contributed by atoms with Gasteiger partial charge in [-0.05, 0) is 36.5 Å². The van der Waals surface area contributed by atoms with Gasteiger partial charge in [-0.25, -0.2) is 4.79 Å². The second kappa shape index (κ2) is 25.3. The molecule has 1 rings (SSSR count). The first-order chi connectivity index (χ1) is 22.5. The Bertz CT molecular complexity index is 1070. The fourth-order valence-electron chi connectivity index (χ4n) is 3.94.